The number of aliphatic imine (C=N–C) groups is 1. The zero-order chi connectivity index (χ0) is 25.4. The number of nitrogens with two attached hydrogens (primary N) is 2. The SMILES string of the molecule is COc1cc(C(=O)OCCCCN=C(N)N)cc(OC)c1O[C@@H]1C[C@H](C(=O)O)[C@@H](O)[C@H](O)[C@H]1O. The Labute approximate surface area is 195 Å². The van der Waals surface area contributed by atoms with Crippen LogP contribution >= 0.6 is 0 Å². The number of carboxylic acids is 1. The minimum Gasteiger partial charge on any atom is -0.493 e. The molecule has 0 unspecified atom stereocenters. The number of aliphatic hydroxyl groups is 3. The Bertz CT molecular complexity index is 865. The van der Waals surface area contributed by atoms with Crippen molar-refractivity contribution in [3.8, 4) is 17.2 Å². The van der Waals surface area contributed by atoms with Gasteiger partial charge in [-0.05, 0) is 25.0 Å². The van der Waals surface area contributed by atoms with Crippen LogP contribution in [0, 0.1) is 5.92 Å². The number of hydrogen-bond donors (Lipinski definition) is 6. The predicted octanol–water partition coefficient (Wildman–Crippen LogP) is -1.15. The molecule has 1 aliphatic rings. The van der Waals surface area contributed by atoms with Crippen LogP contribution in [0.3, 0.4) is 0 Å². The average Bonchev–Trinajstić information content (AvgIpc) is 2.80. The first-order valence-electron chi connectivity index (χ1n) is 10.5. The van der Waals surface area contributed by atoms with Gasteiger partial charge in [-0.1, -0.05) is 0 Å². The second-order valence-electron chi connectivity index (χ2n) is 7.67. The van der Waals surface area contributed by atoms with Gasteiger partial charge in [-0.25, -0.2) is 4.79 Å². The standard InChI is InChI=1S/C21H31N3O10/c1-31-13-7-10(20(30)33-6-4-3-5-24-21(22)23)8-14(32-2)18(13)34-12-9-11(19(28)29)15(25)17(27)16(12)26/h7-8,11-12,15-17,25-27H,3-6,9H2,1-2H3,(H,28,29)(H4,22,23,24)/t11-,12+,15+,16-,17-/m0/s1. The van der Waals surface area contributed by atoms with Crippen molar-refractivity contribution in [3.63, 3.8) is 0 Å². The smallest absolute Gasteiger partial charge is 0.338 e. The van der Waals surface area contributed by atoms with Crippen molar-refractivity contribution >= 4 is 17.9 Å². The second kappa shape index (κ2) is 12.3. The summed E-state index contributed by atoms with van der Waals surface area (Å²) < 4.78 is 21.6. The van der Waals surface area contributed by atoms with Crippen molar-refractivity contribution < 1.29 is 49.0 Å². The van der Waals surface area contributed by atoms with E-state index >= 15 is 0 Å². The fraction of sp³-hybridized carbons (Fsp3) is 0.571. The number of carbonyl (C=O) groups is 2. The summed E-state index contributed by atoms with van der Waals surface area (Å²) in [7, 11) is 2.63. The summed E-state index contributed by atoms with van der Waals surface area (Å²) in [6, 6.07) is 2.68. The van der Waals surface area contributed by atoms with E-state index < -0.39 is 42.3 Å². The van der Waals surface area contributed by atoms with E-state index in [2.05, 4.69) is 4.99 Å². The van der Waals surface area contributed by atoms with E-state index in [0.717, 1.165) is 0 Å². The maximum absolute atomic E-state index is 12.5. The van der Waals surface area contributed by atoms with Crippen LogP contribution in [-0.2, 0) is 9.53 Å². The first-order chi connectivity index (χ1) is 16.1. The number of benzene rings is 1. The van der Waals surface area contributed by atoms with Crippen LogP contribution < -0.4 is 25.7 Å². The summed E-state index contributed by atoms with van der Waals surface area (Å²) >= 11 is 0. The summed E-state index contributed by atoms with van der Waals surface area (Å²) in [5.74, 6) is -3.27. The number of hydrogen-bond acceptors (Lipinski definition) is 10. The molecular weight excluding hydrogens is 454 g/mol. The van der Waals surface area contributed by atoms with E-state index in [4.69, 9.17) is 30.4 Å². The fourth-order valence-corrected chi connectivity index (χ4v) is 3.49. The number of carbonyl (C=O) groups excluding carboxylic acids is 1. The van der Waals surface area contributed by atoms with Crippen molar-refractivity contribution in [2.75, 3.05) is 27.4 Å². The highest BCUT2D eigenvalue weighted by molar-refractivity contribution is 5.91. The monoisotopic (exact) mass is 485 g/mol. The lowest BCUT2D eigenvalue weighted by molar-refractivity contribution is -0.174. The number of guanidine groups is 1. The summed E-state index contributed by atoms with van der Waals surface area (Å²) in [6.07, 6.45) is -5.31. The van der Waals surface area contributed by atoms with Gasteiger partial charge in [0.25, 0.3) is 0 Å². The van der Waals surface area contributed by atoms with Gasteiger partial charge < -0.3 is 50.8 Å². The quantitative estimate of drug-likeness (QED) is 0.0947. The molecule has 0 spiro atoms. The molecule has 1 aromatic rings. The third-order valence-corrected chi connectivity index (χ3v) is 5.34. The summed E-state index contributed by atoms with van der Waals surface area (Å²) in [4.78, 5) is 27.7. The van der Waals surface area contributed by atoms with Gasteiger partial charge in [-0.3, -0.25) is 9.79 Å². The third kappa shape index (κ3) is 6.62. The molecule has 8 N–H and O–H groups in total. The van der Waals surface area contributed by atoms with Crippen molar-refractivity contribution in [2.45, 2.75) is 43.7 Å². The summed E-state index contributed by atoms with van der Waals surface area (Å²) in [5.41, 5.74) is 10.6. The molecule has 0 amide bonds. The highest BCUT2D eigenvalue weighted by Gasteiger charge is 2.47. The molecule has 0 bridgehead atoms. The van der Waals surface area contributed by atoms with Gasteiger partial charge in [0, 0.05) is 13.0 Å². The molecular formula is C21H31N3O10. The van der Waals surface area contributed by atoms with Crippen molar-refractivity contribution in [3.05, 3.63) is 17.7 Å². The highest BCUT2D eigenvalue weighted by atomic mass is 16.6. The van der Waals surface area contributed by atoms with Gasteiger partial charge in [0.05, 0.1) is 38.4 Å². The van der Waals surface area contributed by atoms with Crippen LogP contribution in [0.2, 0.25) is 0 Å². The van der Waals surface area contributed by atoms with Crippen molar-refractivity contribution in [2.24, 2.45) is 22.4 Å². The van der Waals surface area contributed by atoms with E-state index in [1.54, 1.807) is 0 Å². The molecule has 0 heterocycles. The van der Waals surface area contributed by atoms with Crippen molar-refractivity contribution in [1.82, 2.24) is 0 Å². The third-order valence-electron chi connectivity index (χ3n) is 5.34. The van der Waals surface area contributed by atoms with E-state index in [-0.39, 0.29) is 41.8 Å². The van der Waals surface area contributed by atoms with E-state index in [1.807, 2.05) is 0 Å². The van der Waals surface area contributed by atoms with Crippen LogP contribution in [0.1, 0.15) is 29.6 Å². The zero-order valence-corrected chi connectivity index (χ0v) is 18.9. The number of aliphatic carboxylic acids is 1. The molecule has 1 saturated carbocycles. The molecule has 5 atom stereocenters. The highest BCUT2D eigenvalue weighted by Crippen LogP contribution is 2.41. The molecule has 1 aliphatic carbocycles. The number of methoxy groups -OCH3 is 2. The number of carboxylic acid groups (broad SMARTS) is 1. The minimum atomic E-state index is -1.74. The molecule has 1 fully saturated rings. The maximum atomic E-state index is 12.5. The number of esters is 1. The Hall–Kier alpha value is -3.29. The molecule has 190 valence electrons. The number of aliphatic hydroxyl groups excluding tert-OH is 3. The molecule has 0 aliphatic heterocycles. The molecule has 0 aromatic heterocycles. The lowest BCUT2D eigenvalue weighted by Gasteiger charge is -2.38. The van der Waals surface area contributed by atoms with Crippen LogP contribution in [0.25, 0.3) is 0 Å². The fourth-order valence-electron chi connectivity index (χ4n) is 3.49. The van der Waals surface area contributed by atoms with Crippen LogP contribution in [0.4, 0.5) is 0 Å². The molecule has 13 nitrogen and oxygen atoms in total. The number of ether oxygens (including phenoxy) is 4. The lowest BCUT2D eigenvalue weighted by atomic mass is 9.80. The Morgan fingerprint density at radius 2 is 1.65 bits per heavy atom. The van der Waals surface area contributed by atoms with Gasteiger partial charge in [0.1, 0.15) is 18.3 Å². The Morgan fingerprint density at radius 1 is 1.03 bits per heavy atom. The summed E-state index contributed by atoms with van der Waals surface area (Å²) in [5, 5.41) is 39.6. The van der Waals surface area contributed by atoms with E-state index in [0.29, 0.717) is 19.4 Å². The van der Waals surface area contributed by atoms with Crippen LogP contribution in [-0.4, -0.2) is 90.1 Å². The number of unbranched alkanes of at least 4 members (excludes halogenated alkanes) is 1. The largest absolute Gasteiger partial charge is 0.493 e. The molecule has 34 heavy (non-hydrogen) atoms. The zero-order valence-electron chi connectivity index (χ0n) is 18.9. The van der Waals surface area contributed by atoms with Gasteiger partial charge in [-0.2, -0.15) is 0 Å². The first-order valence-corrected chi connectivity index (χ1v) is 10.5. The Kier molecular flexibility index (Phi) is 9.71. The number of nitrogens with zero attached hydrogens (tertiary/aromatic N) is 1. The van der Waals surface area contributed by atoms with E-state index in [1.165, 1.54) is 26.4 Å². The normalized spacial score (nSPS) is 24.1. The Morgan fingerprint density at radius 3 is 2.18 bits per heavy atom. The second-order valence-corrected chi connectivity index (χ2v) is 7.67. The molecule has 0 radical (unpaired) electrons. The topological polar surface area (TPSA) is 216 Å². The van der Waals surface area contributed by atoms with Crippen molar-refractivity contribution in [1.29, 1.82) is 0 Å². The van der Waals surface area contributed by atoms with Crippen LogP contribution in [0.15, 0.2) is 17.1 Å². The Balaban J connectivity index is 2.16. The predicted molar refractivity (Wildman–Crippen MR) is 118 cm³/mol. The average molecular weight is 485 g/mol. The molecule has 2 rings (SSSR count). The van der Waals surface area contributed by atoms with Gasteiger partial charge in [-0.15, -0.1) is 0 Å². The molecule has 1 aromatic carbocycles. The lowest BCUT2D eigenvalue weighted by Crippen LogP contribution is -2.57. The maximum Gasteiger partial charge on any atom is 0.338 e. The van der Waals surface area contributed by atoms with Gasteiger partial charge >= 0.3 is 11.9 Å². The van der Waals surface area contributed by atoms with Crippen LogP contribution in [0.5, 0.6) is 17.2 Å². The summed E-state index contributed by atoms with van der Waals surface area (Å²) in [6.45, 7) is 0.543. The minimum absolute atomic E-state index is 0.0107. The van der Waals surface area contributed by atoms with E-state index in [9.17, 15) is 30.0 Å². The number of rotatable bonds is 11. The molecule has 0 saturated heterocycles. The van der Waals surface area contributed by atoms with Gasteiger partial charge in [0.15, 0.2) is 17.5 Å². The van der Waals surface area contributed by atoms with Gasteiger partial charge in [0.2, 0.25) is 5.75 Å². The first kappa shape index (κ1) is 27.0. The molecule has 13 heteroatoms.